The predicted octanol–water partition coefficient (Wildman–Crippen LogP) is 4.91. The number of furan rings is 1. The molecule has 0 aliphatic rings. The topological polar surface area (TPSA) is 39.2 Å². The molecule has 0 fully saturated rings. The third kappa shape index (κ3) is 2.03. The standard InChI is InChI=1S/C13H7Cl2NO2/c14-8-3-4-9(10(15)6-8)13-7-11(16-18-13)12-2-1-5-17-12/h1-7H. The summed E-state index contributed by atoms with van der Waals surface area (Å²) in [7, 11) is 0. The lowest BCUT2D eigenvalue weighted by Crippen LogP contribution is -1.76. The van der Waals surface area contributed by atoms with Crippen LogP contribution in [0.5, 0.6) is 0 Å². The Morgan fingerprint density at radius 1 is 1.00 bits per heavy atom. The zero-order valence-corrected chi connectivity index (χ0v) is 10.6. The van der Waals surface area contributed by atoms with Crippen LogP contribution in [0.25, 0.3) is 22.8 Å². The second-order valence-corrected chi connectivity index (χ2v) is 4.52. The summed E-state index contributed by atoms with van der Waals surface area (Å²) < 4.78 is 10.5. The van der Waals surface area contributed by atoms with Gasteiger partial charge in [-0.05, 0) is 30.3 Å². The lowest BCUT2D eigenvalue weighted by molar-refractivity contribution is 0.431. The van der Waals surface area contributed by atoms with Crippen molar-refractivity contribution in [3.05, 3.63) is 52.7 Å². The minimum absolute atomic E-state index is 0.518. The Morgan fingerprint density at radius 2 is 1.89 bits per heavy atom. The Labute approximate surface area is 113 Å². The van der Waals surface area contributed by atoms with Crippen LogP contribution in [0.2, 0.25) is 10.0 Å². The van der Waals surface area contributed by atoms with Gasteiger partial charge in [0.2, 0.25) is 0 Å². The molecule has 2 aromatic heterocycles. The van der Waals surface area contributed by atoms with E-state index < -0.39 is 0 Å². The van der Waals surface area contributed by atoms with E-state index in [1.165, 1.54) is 0 Å². The Bertz CT molecular complexity index is 674. The van der Waals surface area contributed by atoms with Crippen LogP contribution in [0, 0.1) is 0 Å². The Balaban J connectivity index is 2.03. The van der Waals surface area contributed by atoms with E-state index in [0.29, 0.717) is 27.3 Å². The van der Waals surface area contributed by atoms with Gasteiger partial charge in [-0.1, -0.05) is 28.4 Å². The van der Waals surface area contributed by atoms with Gasteiger partial charge in [-0.2, -0.15) is 0 Å². The van der Waals surface area contributed by atoms with Crippen LogP contribution in [0.4, 0.5) is 0 Å². The van der Waals surface area contributed by atoms with Crippen molar-refractivity contribution in [1.29, 1.82) is 0 Å². The van der Waals surface area contributed by atoms with E-state index in [4.69, 9.17) is 32.1 Å². The molecule has 0 aliphatic heterocycles. The summed E-state index contributed by atoms with van der Waals surface area (Å²) in [5.41, 5.74) is 1.37. The highest BCUT2D eigenvalue weighted by molar-refractivity contribution is 6.36. The quantitative estimate of drug-likeness (QED) is 0.669. The van der Waals surface area contributed by atoms with Crippen molar-refractivity contribution in [3.63, 3.8) is 0 Å². The zero-order valence-electron chi connectivity index (χ0n) is 9.06. The van der Waals surface area contributed by atoms with Gasteiger partial charge >= 0.3 is 0 Å². The van der Waals surface area contributed by atoms with Crippen LogP contribution in [0.1, 0.15) is 0 Å². The first-order valence-electron chi connectivity index (χ1n) is 5.20. The molecule has 1 aromatic carbocycles. The fraction of sp³-hybridized carbons (Fsp3) is 0. The summed E-state index contributed by atoms with van der Waals surface area (Å²) in [4.78, 5) is 0. The minimum Gasteiger partial charge on any atom is -0.463 e. The third-order valence-corrected chi connectivity index (χ3v) is 3.03. The molecule has 3 aromatic rings. The number of rotatable bonds is 2. The van der Waals surface area contributed by atoms with Gasteiger partial charge in [-0.15, -0.1) is 0 Å². The summed E-state index contributed by atoms with van der Waals surface area (Å²) in [6.07, 6.45) is 1.58. The smallest absolute Gasteiger partial charge is 0.169 e. The van der Waals surface area contributed by atoms with Crippen LogP contribution in [-0.4, -0.2) is 5.16 Å². The van der Waals surface area contributed by atoms with Crippen molar-refractivity contribution in [2.45, 2.75) is 0 Å². The van der Waals surface area contributed by atoms with Crippen LogP contribution in [0.3, 0.4) is 0 Å². The highest BCUT2D eigenvalue weighted by Gasteiger charge is 2.13. The van der Waals surface area contributed by atoms with Gasteiger partial charge < -0.3 is 8.94 Å². The van der Waals surface area contributed by atoms with Gasteiger partial charge in [0.25, 0.3) is 0 Å². The summed E-state index contributed by atoms with van der Waals surface area (Å²) in [5.74, 6) is 1.22. The monoisotopic (exact) mass is 279 g/mol. The number of hydrogen-bond donors (Lipinski definition) is 0. The molecule has 3 rings (SSSR count). The lowest BCUT2D eigenvalue weighted by Gasteiger charge is -1.99. The molecule has 0 atom stereocenters. The van der Waals surface area contributed by atoms with E-state index in [1.54, 1.807) is 36.6 Å². The summed E-state index contributed by atoms with van der Waals surface area (Å²) >= 11 is 11.9. The maximum absolute atomic E-state index is 6.10. The number of halogens is 2. The molecule has 0 saturated heterocycles. The molecule has 0 amide bonds. The molecule has 5 heteroatoms. The normalized spacial score (nSPS) is 10.8. The molecule has 2 heterocycles. The Kier molecular flexibility index (Phi) is 2.86. The molecule has 18 heavy (non-hydrogen) atoms. The minimum atomic E-state index is 0.518. The van der Waals surface area contributed by atoms with Crippen molar-refractivity contribution < 1.29 is 8.94 Å². The van der Waals surface area contributed by atoms with Crippen LogP contribution in [0.15, 0.2) is 51.6 Å². The average molecular weight is 280 g/mol. The second kappa shape index (κ2) is 4.52. The number of benzene rings is 1. The molecule has 0 saturated carbocycles. The maximum Gasteiger partial charge on any atom is 0.169 e. The highest BCUT2D eigenvalue weighted by Crippen LogP contribution is 2.32. The highest BCUT2D eigenvalue weighted by atomic mass is 35.5. The first-order valence-corrected chi connectivity index (χ1v) is 5.95. The average Bonchev–Trinajstić information content (AvgIpc) is 2.99. The Hall–Kier alpha value is -1.71. The molecule has 0 unspecified atom stereocenters. The van der Waals surface area contributed by atoms with Crippen molar-refractivity contribution in [1.82, 2.24) is 5.16 Å². The van der Waals surface area contributed by atoms with Gasteiger partial charge in [0.05, 0.1) is 11.3 Å². The molecule has 90 valence electrons. The molecule has 0 N–H and O–H groups in total. The molecule has 0 radical (unpaired) electrons. The van der Waals surface area contributed by atoms with Crippen LogP contribution < -0.4 is 0 Å². The third-order valence-electron chi connectivity index (χ3n) is 2.48. The van der Waals surface area contributed by atoms with Crippen LogP contribution >= 0.6 is 23.2 Å². The predicted molar refractivity (Wildman–Crippen MR) is 69.7 cm³/mol. The van der Waals surface area contributed by atoms with E-state index in [1.807, 2.05) is 6.07 Å². The lowest BCUT2D eigenvalue weighted by atomic mass is 10.1. The Morgan fingerprint density at radius 3 is 2.61 bits per heavy atom. The van der Waals surface area contributed by atoms with Gasteiger partial charge in [-0.25, -0.2) is 0 Å². The number of hydrogen-bond acceptors (Lipinski definition) is 3. The van der Waals surface area contributed by atoms with Crippen molar-refractivity contribution in [2.24, 2.45) is 0 Å². The fourth-order valence-electron chi connectivity index (χ4n) is 1.63. The van der Waals surface area contributed by atoms with Crippen molar-refractivity contribution >= 4 is 23.2 Å². The summed E-state index contributed by atoms with van der Waals surface area (Å²) in [6.45, 7) is 0. The summed E-state index contributed by atoms with van der Waals surface area (Å²) in [6, 6.07) is 10.6. The van der Waals surface area contributed by atoms with Gasteiger partial charge in [0, 0.05) is 16.7 Å². The van der Waals surface area contributed by atoms with Gasteiger partial charge in [0.15, 0.2) is 11.5 Å². The van der Waals surface area contributed by atoms with Gasteiger partial charge in [-0.3, -0.25) is 0 Å². The fourth-order valence-corrected chi connectivity index (χ4v) is 2.13. The molecular weight excluding hydrogens is 273 g/mol. The van der Waals surface area contributed by atoms with E-state index in [-0.39, 0.29) is 0 Å². The first-order chi connectivity index (χ1) is 8.74. The van der Waals surface area contributed by atoms with Crippen molar-refractivity contribution in [3.8, 4) is 22.8 Å². The van der Waals surface area contributed by atoms with Crippen LogP contribution in [-0.2, 0) is 0 Å². The molecule has 3 nitrogen and oxygen atoms in total. The summed E-state index contributed by atoms with van der Waals surface area (Å²) in [5, 5.41) is 5.03. The van der Waals surface area contributed by atoms with E-state index in [0.717, 1.165) is 5.56 Å². The molecule has 0 bridgehead atoms. The molecule has 0 spiro atoms. The van der Waals surface area contributed by atoms with Crippen molar-refractivity contribution in [2.75, 3.05) is 0 Å². The second-order valence-electron chi connectivity index (χ2n) is 3.68. The largest absolute Gasteiger partial charge is 0.463 e. The maximum atomic E-state index is 6.10. The SMILES string of the molecule is Clc1ccc(-c2cc(-c3ccco3)no2)c(Cl)c1. The van der Waals surface area contributed by atoms with Gasteiger partial charge in [0.1, 0.15) is 5.69 Å². The van der Waals surface area contributed by atoms with E-state index in [2.05, 4.69) is 5.16 Å². The zero-order chi connectivity index (χ0) is 12.5. The number of nitrogens with zero attached hydrogens (tertiary/aromatic N) is 1. The van der Waals surface area contributed by atoms with E-state index >= 15 is 0 Å². The molecular formula is C13H7Cl2NO2. The number of aromatic nitrogens is 1. The first kappa shape index (κ1) is 11.4. The molecule has 0 aliphatic carbocycles. The van der Waals surface area contributed by atoms with E-state index in [9.17, 15) is 0 Å².